The van der Waals surface area contributed by atoms with Crippen LogP contribution in [0.5, 0.6) is 0 Å². The van der Waals surface area contributed by atoms with Crippen molar-refractivity contribution in [3.63, 3.8) is 0 Å². The van der Waals surface area contributed by atoms with E-state index in [1.165, 1.54) is 5.56 Å². The molecule has 2 heterocycles. The maximum absolute atomic E-state index is 12.7. The molecule has 1 N–H and O–H groups in total. The first-order valence-electron chi connectivity index (χ1n) is 9.01. The minimum Gasteiger partial charge on any atom is -0.383 e. The molecule has 1 aromatic heterocycles. The number of halogens is 1. The third-order valence-electron chi connectivity index (χ3n) is 4.65. The predicted molar refractivity (Wildman–Crippen MR) is 106 cm³/mol. The van der Waals surface area contributed by atoms with Crippen molar-refractivity contribution in [2.45, 2.75) is 13.3 Å². The number of anilines is 1. The van der Waals surface area contributed by atoms with Gasteiger partial charge in [-0.3, -0.25) is 14.6 Å². The molecule has 27 heavy (non-hydrogen) atoms. The third kappa shape index (κ3) is 5.20. The van der Waals surface area contributed by atoms with Crippen LogP contribution in [0.1, 0.15) is 22.8 Å². The molecule has 0 atom stereocenters. The quantitative estimate of drug-likeness (QED) is 0.858. The van der Waals surface area contributed by atoms with Gasteiger partial charge >= 0.3 is 0 Å². The summed E-state index contributed by atoms with van der Waals surface area (Å²) in [5.74, 6) is 0.00250. The Morgan fingerprint density at radius 2 is 1.74 bits per heavy atom. The fourth-order valence-corrected chi connectivity index (χ4v) is 3.19. The van der Waals surface area contributed by atoms with Gasteiger partial charge in [0.25, 0.3) is 5.91 Å². The van der Waals surface area contributed by atoms with Crippen molar-refractivity contribution >= 4 is 29.1 Å². The Balaban J connectivity index is 1.54. The molecule has 0 spiro atoms. The van der Waals surface area contributed by atoms with Crippen LogP contribution < -0.4 is 5.32 Å². The molecule has 2 aromatic rings. The number of carbonyl (C=O) groups excluding carboxylic acids is 2. The summed E-state index contributed by atoms with van der Waals surface area (Å²) in [6.07, 6.45) is 4.15. The lowest BCUT2D eigenvalue weighted by Crippen LogP contribution is -2.50. The van der Waals surface area contributed by atoms with Crippen LogP contribution in [-0.2, 0) is 11.2 Å². The molecule has 0 saturated carbocycles. The van der Waals surface area contributed by atoms with E-state index >= 15 is 0 Å². The van der Waals surface area contributed by atoms with Gasteiger partial charge in [-0.25, -0.2) is 0 Å². The van der Waals surface area contributed by atoms with E-state index in [2.05, 4.69) is 10.3 Å². The van der Waals surface area contributed by atoms with E-state index in [9.17, 15) is 9.59 Å². The van der Waals surface area contributed by atoms with Gasteiger partial charge in [-0.15, -0.1) is 0 Å². The van der Waals surface area contributed by atoms with Crippen LogP contribution in [0, 0.1) is 0 Å². The SMILES string of the molecule is CC(=O)N1CCN(C(=O)c2cncc(NCCc3ccc(Cl)cc3)c2)CC1. The lowest BCUT2D eigenvalue weighted by Gasteiger charge is -2.34. The number of nitrogens with zero attached hydrogens (tertiary/aromatic N) is 3. The molecule has 1 fully saturated rings. The van der Waals surface area contributed by atoms with Gasteiger partial charge < -0.3 is 15.1 Å². The van der Waals surface area contributed by atoms with Crippen molar-refractivity contribution in [2.75, 3.05) is 38.0 Å². The van der Waals surface area contributed by atoms with Crippen LogP contribution in [-0.4, -0.2) is 59.3 Å². The van der Waals surface area contributed by atoms with E-state index in [0.717, 1.165) is 23.7 Å². The molecular weight excluding hydrogens is 364 g/mol. The number of carbonyl (C=O) groups is 2. The van der Waals surface area contributed by atoms with Crippen molar-refractivity contribution in [3.8, 4) is 0 Å². The average Bonchev–Trinajstić information content (AvgIpc) is 2.69. The third-order valence-corrected chi connectivity index (χ3v) is 4.91. The highest BCUT2D eigenvalue weighted by molar-refractivity contribution is 6.30. The van der Waals surface area contributed by atoms with Crippen molar-refractivity contribution in [1.29, 1.82) is 0 Å². The normalized spacial score (nSPS) is 14.1. The molecule has 1 aromatic carbocycles. The molecule has 7 heteroatoms. The maximum Gasteiger partial charge on any atom is 0.255 e. The summed E-state index contributed by atoms with van der Waals surface area (Å²) in [5.41, 5.74) is 2.57. The summed E-state index contributed by atoms with van der Waals surface area (Å²) in [5, 5.41) is 4.04. The van der Waals surface area contributed by atoms with Gasteiger partial charge in [0.15, 0.2) is 0 Å². The Labute approximate surface area is 164 Å². The second-order valence-corrected chi connectivity index (χ2v) is 7.00. The van der Waals surface area contributed by atoms with E-state index < -0.39 is 0 Å². The minimum atomic E-state index is -0.0490. The molecule has 3 rings (SSSR count). The highest BCUT2D eigenvalue weighted by Crippen LogP contribution is 2.14. The summed E-state index contributed by atoms with van der Waals surface area (Å²) >= 11 is 5.90. The van der Waals surface area contributed by atoms with Crippen molar-refractivity contribution in [1.82, 2.24) is 14.8 Å². The van der Waals surface area contributed by atoms with Crippen LogP contribution in [0.25, 0.3) is 0 Å². The van der Waals surface area contributed by atoms with Crippen molar-refractivity contribution < 1.29 is 9.59 Å². The molecule has 0 aliphatic carbocycles. The highest BCUT2D eigenvalue weighted by Gasteiger charge is 2.23. The molecule has 2 amide bonds. The van der Waals surface area contributed by atoms with Gasteiger partial charge in [0, 0.05) is 57.1 Å². The minimum absolute atomic E-state index is 0.0490. The number of rotatable bonds is 5. The number of nitrogens with one attached hydrogen (secondary N) is 1. The van der Waals surface area contributed by atoms with Crippen molar-refractivity contribution in [2.24, 2.45) is 0 Å². The summed E-state index contributed by atoms with van der Waals surface area (Å²) < 4.78 is 0. The van der Waals surface area contributed by atoms with Crippen LogP contribution in [0.3, 0.4) is 0 Å². The topological polar surface area (TPSA) is 65.5 Å². The molecule has 6 nitrogen and oxygen atoms in total. The Morgan fingerprint density at radius 3 is 2.41 bits per heavy atom. The molecule has 0 bridgehead atoms. The summed E-state index contributed by atoms with van der Waals surface area (Å²) in [7, 11) is 0. The first-order valence-corrected chi connectivity index (χ1v) is 9.39. The number of hydrogen-bond donors (Lipinski definition) is 1. The molecule has 1 aliphatic rings. The lowest BCUT2D eigenvalue weighted by molar-refractivity contribution is -0.130. The Morgan fingerprint density at radius 1 is 1.07 bits per heavy atom. The van der Waals surface area contributed by atoms with E-state index in [4.69, 9.17) is 11.6 Å². The number of pyridine rings is 1. The zero-order chi connectivity index (χ0) is 19.2. The fourth-order valence-electron chi connectivity index (χ4n) is 3.06. The number of aromatic nitrogens is 1. The molecule has 1 aliphatic heterocycles. The van der Waals surface area contributed by atoms with Gasteiger partial charge in [0.1, 0.15) is 0 Å². The largest absolute Gasteiger partial charge is 0.383 e. The van der Waals surface area contributed by atoms with Crippen LogP contribution in [0.15, 0.2) is 42.7 Å². The first kappa shape index (κ1) is 19.2. The van der Waals surface area contributed by atoms with Gasteiger partial charge in [-0.1, -0.05) is 23.7 Å². The Hall–Kier alpha value is -2.60. The van der Waals surface area contributed by atoms with E-state index in [1.807, 2.05) is 30.3 Å². The monoisotopic (exact) mass is 386 g/mol. The molecule has 1 saturated heterocycles. The summed E-state index contributed by atoms with van der Waals surface area (Å²) in [6.45, 7) is 4.54. The molecule has 0 unspecified atom stereocenters. The van der Waals surface area contributed by atoms with Crippen LogP contribution in [0.2, 0.25) is 5.02 Å². The summed E-state index contributed by atoms with van der Waals surface area (Å²) in [6, 6.07) is 9.59. The van der Waals surface area contributed by atoms with E-state index in [-0.39, 0.29) is 11.8 Å². The van der Waals surface area contributed by atoms with E-state index in [0.29, 0.717) is 31.7 Å². The maximum atomic E-state index is 12.7. The second kappa shape index (κ2) is 8.86. The van der Waals surface area contributed by atoms with Gasteiger partial charge in [-0.05, 0) is 30.2 Å². The molecule has 142 valence electrons. The Bertz CT molecular complexity index is 802. The second-order valence-electron chi connectivity index (χ2n) is 6.56. The van der Waals surface area contributed by atoms with Gasteiger partial charge in [0.05, 0.1) is 11.3 Å². The first-order chi connectivity index (χ1) is 13.0. The molecular formula is C20H23ClN4O2. The average molecular weight is 387 g/mol. The van der Waals surface area contributed by atoms with Gasteiger partial charge in [-0.2, -0.15) is 0 Å². The standard InChI is InChI=1S/C20H23ClN4O2/c1-15(26)24-8-10-25(11-9-24)20(27)17-12-19(14-22-13-17)23-7-6-16-2-4-18(21)5-3-16/h2-5,12-14,23H,6-11H2,1H3. The van der Waals surface area contributed by atoms with Crippen molar-refractivity contribution in [3.05, 3.63) is 58.9 Å². The zero-order valence-electron chi connectivity index (χ0n) is 15.3. The van der Waals surface area contributed by atoms with Gasteiger partial charge in [0.2, 0.25) is 5.91 Å². The fraction of sp³-hybridized carbons (Fsp3) is 0.350. The highest BCUT2D eigenvalue weighted by atomic mass is 35.5. The zero-order valence-corrected chi connectivity index (χ0v) is 16.1. The van der Waals surface area contributed by atoms with E-state index in [1.54, 1.807) is 29.1 Å². The number of hydrogen-bond acceptors (Lipinski definition) is 4. The van der Waals surface area contributed by atoms with Crippen LogP contribution >= 0.6 is 11.6 Å². The number of amides is 2. The number of piperazine rings is 1. The lowest BCUT2D eigenvalue weighted by atomic mass is 10.1. The molecule has 0 radical (unpaired) electrons. The Kier molecular flexibility index (Phi) is 6.29. The predicted octanol–water partition coefficient (Wildman–Crippen LogP) is 2.69. The smallest absolute Gasteiger partial charge is 0.255 e. The summed E-state index contributed by atoms with van der Waals surface area (Å²) in [4.78, 5) is 31.8. The number of benzene rings is 1. The van der Waals surface area contributed by atoms with Crippen LogP contribution in [0.4, 0.5) is 5.69 Å².